The van der Waals surface area contributed by atoms with E-state index in [0.29, 0.717) is 10.8 Å². The molecule has 2 amide bonds. The average molecular weight is 367 g/mol. The number of halogens is 2. The normalized spacial score (nSPS) is 16.4. The maximum atomic E-state index is 13.7. The van der Waals surface area contributed by atoms with E-state index in [2.05, 4.69) is 17.8 Å². The Kier molecular flexibility index (Phi) is 4.87. The van der Waals surface area contributed by atoms with Crippen LogP contribution in [0.4, 0.5) is 4.39 Å². The maximum Gasteiger partial charge on any atom is 0.279 e. The number of amides is 2. The van der Waals surface area contributed by atoms with Gasteiger partial charge in [0.1, 0.15) is 5.82 Å². The highest BCUT2D eigenvalue weighted by atomic mass is 35.5. The summed E-state index contributed by atoms with van der Waals surface area (Å²) in [6.45, 7) is 2.20. The molecule has 7 heteroatoms. The number of rotatable bonds is 2. The van der Waals surface area contributed by atoms with Gasteiger partial charge in [-0.15, -0.1) is 11.3 Å². The zero-order valence-corrected chi connectivity index (χ0v) is 14.6. The van der Waals surface area contributed by atoms with E-state index >= 15 is 0 Å². The third kappa shape index (κ3) is 3.60. The molecule has 24 heavy (non-hydrogen) atoms. The Labute approximate surface area is 148 Å². The van der Waals surface area contributed by atoms with Crippen molar-refractivity contribution >= 4 is 34.8 Å². The van der Waals surface area contributed by atoms with Crippen LogP contribution in [-0.2, 0) is 12.8 Å². The van der Waals surface area contributed by atoms with Crippen molar-refractivity contribution in [2.75, 3.05) is 0 Å². The van der Waals surface area contributed by atoms with Gasteiger partial charge in [0.25, 0.3) is 11.8 Å². The minimum Gasteiger partial charge on any atom is -0.267 e. The Bertz CT molecular complexity index is 806. The van der Waals surface area contributed by atoms with Crippen LogP contribution in [0.1, 0.15) is 43.8 Å². The van der Waals surface area contributed by atoms with Crippen molar-refractivity contribution in [1.29, 1.82) is 0 Å². The van der Waals surface area contributed by atoms with Gasteiger partial charge in [0.2, 0.25) is 0 Å². The van der Waals surface area contributed by atoms with Gasteiger partial charge in [0.15, 0.2) is 0 Å². The zero-order chi connectivity index (χ0) is 17.3. The molecular weight excluding hydrogens is 351 g/mol. The lowest BCUT2D eigenvalue weighted by Crippen LogP contribution is -2.41. The van der Waals surface area contributed by atoms with Gasteiger partial charge in [-0.3, -0.25) is 20.4 Å². The van der Waals surface area contributed by atoms with E-state index in [1.54, 1.807) is 0 Å². The molecule has 0 fully saturated rings. The molecule has 3 rings (SSSR count). The molecule has 0 radical (unpaired) electrons. The summed E-state index contributed by atoms with van der Waals surface area (Å²) < 4.78 is 13.7. The minimum absolute atomic E-state index is 0.181. The topological polar surface area (TPSA) is 58.2 Å². The Morgan fingerprint density at radius 3 is 2.75 bits per heavy atom. The second-order valence-corrected chi connectivity index (χ2v) is 7.51. The van der Waals surface area contributed by atoms with Crippen molar-refractivity contribution in [3.8, 4) is 0 Å². The Morgan fingerprint density at radius 2 is 2.00 bits per heavy atom. The molecule has 0 bridgehead atoms. The number of thiophene rings is 1. The first-order chi connectivity index (χ1) is 11.4. The van der Waals surface area contributed by atoms with E-state index in [1.165, 1.54) is 33.9 Å². The molecule has 0 saturated heterocycles. The largest absolute Gasteiger partial charge is 0.279 e. The quantitative estimate of drug-likeness (QED) is 0.795. The molecule has 2 N–H and O–H groups in total. The molecule has 4 nitrogen and oxygen atoms in total. The number of hydrogen-bond donors (Lipinski definition) is 2. The van der Waals surface area contributed by atoms with Gasteiger partial charge in [-0.1, -0.05) is 18.5 Å². The van der Waals surface area contributed by atoms with Crippen molar-refractivity contribution in [2.24, 2.45) is 5.92 Å². The summed E-state index contributed by atoms with van der Waals surface area (Å²) in [6, 6.07) is 5.60. The summed E-state index contributed by atoms with van der Waals surface area (Å²) in [7, 11) is 0. The maximum absolute atomic E-state index is 13.7. The molecule has 0 saturated carbocycles. The van der Waals surface area contributed by atoms with Crippen molar-refractivity contribution < 1.29 is 14.0 Å². The van der Waals surface area contributed by atoms with Crippen molar-refractivity contribution in [3.63, 3.8) is 0 Å². The lowest BCUT2D eigenvalue weighted by atomic mass is 9.90. The number of hydrazine groups is 1. The minimum atomic E-state index is -0.741. The summed E-state index contributed by atoms with van der Waals surface area (Å²) in [6.07, 6.45) is 3.08. The van der Waals surface area contributed by atoms with Gasteiger partial charge in [0.05, 0.1) is 10.4 Å². The van der Waals surface area contributed by atoms with E-state index in [9.17, 15) is 14.0 Å². The highest BCUT2D eigenvalue weighted by molar-refractivity contribution is 7.14. The van der Waals surface area contributed by atoms with Gasteiger partial charge in [0, 0.05) is 9.90 Å². The molecule has 1 heterocycles. The van der Waals surface area contributed by atoms with Crippen LogP contribution in [-0.4, -0.2) is 11.8 Å². The summed E-state index contributed by atoms with van der Waals surface area (Å²) >= 11 is 7.09. The Balaban J connectivity index is 1.64. The molecular formula is C17H16ClFN2O2S. The molecule has 2 aromatic rings. The number of hydrogen-bond acceptors (Lipinski definition) is 3. The smallest absolute Gasteiger partial charge is 0.267 e. The first-order valence-electron chi connectivity index (χ1n) is 7.61. The van der Waals surface area contributed by atoms with Gasteiger partial charge in [-0.2, -0.15) is 0 Å². The molecule has 1 aromatic carbocycles. The number of aryl methyl sites for hydroxylation is 1. The predicted molar refractivity (Wildman–Crippen MR) is 91.9 cm³/mol. The second kappa shape index (κ2) is 6.91. The predicted octanol–water partition coefficient (Wildman–Crippen LogP) is 3.74. The van der Waals surface area contributed by atoms with E-state index in [1.807, 2.05) is 6.07 Å². The zero-order valence-electron chi connectivity index (χ0n) is 13.0. The number of fused-ring (bicyclic) bond motifs is 1. The Morgan fingerprint density at radius 1 is 1.25 bits per heavy atom. The molecule has 1 aromatic heterocycles. The summed E-state index contributed by atoms with van der Waals surface area (Å²) in [4.78, 5) is 25.9. The first kappa shape index (κ1) is 16.9. The van der Waals surface area contributed by atoms with Gasteiger partial charge in [-0.25, -0.2) is 4.39 Å². The third-order valence-electron chi connectivity index (χ3n) is 4.02. The second-order valence-electron chi connectivity index (χ2n) is 5.94. The molecule has 1 atom stereocenters. The molecule has 1 aliphatic carbocycles. The van der Waals surface area contributed by atoms with Crippen LogP contribution < -0.4 is 10.9 Å². The van der Waals surface area contributed by atoms with Crippen molar-refractivity contribution in [2.45, 2.75) is 26.2 Å². The van der Waals surface area contributed by atoms with Crippen LogP contribution in [0.2, 0.25) is 5.02 Å². The van der Waals surface area contributed by atoms with Crippen LogP contribution in [0, 0.1) is 11.7 Å². The number of nitrogens with one attached hydrogen (secondary N) is 2. The monoisotopic (exact) mass is 366 g/mol. The number of carbonyl (C=O) groups is 2. The summed E-state index contributed by atoms with van der Waals surface area (Å²) in [5.41, 5.74) is 5.59. The van der Waals surface area contributed by atoms with Crippen LogP contribution in [0.5, 0.6) is 0 Å². The Hall–Kier alpha value is -1.92. The fourth-order valence-electron chi connectivity index (χ4n) is 2.73. The summed E-state index contributed by atoms with van der Waals surface area (Å²) in [5.74, 6) is -1.25. The van der Waals surface area contributed by atoms with Crippen molar-refractivity contribution in [3.05, 3.63) is 56.0 Å². The standard InChI is InChI=1S/C17H16ClFN2O2S/c1-9-2-5-14-10(6-9)7-15(24-14)17(23)21-20-16(22)12-4-3-11(18)8-13(12)19/h3-4,7-9H,2,5-6H2,1H3,(H,20,22)(H,21,23). The van der Waals surface area contributed by atoms with E-state index in [-0.39, 0.29) is 10.6 Å². The van der Waals surface area contributed by atoms with E-state index < -0.39 is 17.6 Å². The molecule has 0 aliphatic heterocycles. The van der Waals surface area contributed by atoms with Crippen LogP contribution in [0.25, 0.3) is 0 Å². The van der Waals surface area contributed by atoms with Crippen molar-refractivity contribution in [1.82, 2.24) is 10.9 Å². The van der Waals surface area contributed by atoms with E-state index in [4.69, 9.17) is 11.6 Å². The van der Waals surface area contributed by atoms with Gasteiger partial charge >= 0.3 is 0 Å². The van der Waals surface area contributed by atoms with Crippen LogP contribution in [0.15, 0.2) is 24.3 Å². The van der Waals surface area contributed by atoms with Gasteiger partial charge in [-0.05, 0) is 55.0 Å². The van der Waals surface area contributed by atoms with Crippen LogP contribution in [0.3, 0.4) is 0 Å². The molecule has 0 spiro atoms. The van der Waals surface area contributed by atoms with E-state index in [0.717, 1.165) is 25.3 Å². The first-order valence-corrected chi connectivity index (χ1v) is 8.81. The fourth-order valence-corrected chi connectivity index (χ4v) is 4.00. The lowest BCUT2D eigenvalue weighted by Gasteiger charge is -2.16. The average Bonchev–Trinajstić information content (AvgIpc) is 2.95. The third-order valence-corrected chi connectivity index (χ3v) is 5.49. The molecule has 1 aliphatic rings. The highest BCUT2D eigenvalue weighted by Crippen LogP contribution is 2.32. The number of carbonyl (C=O) groups excluding carboxylic acids is 2. The van der Waals surface area contributed by atoms with Crippen LogP contribution >= 0.6 is 22.9 Å². The lowest BCUT2D eigenvalue weighted by molar-refractivity contribution is 0.0846. The fraction of sp³-hybridized carbons (Fsp3) is 0.294. The molecule has 126 valence electrons. The van der Waals surface area contributed by atoms with Gasteiger partial charge < -0.3 is 0 Å². The highest BCUT2D eigenvalue weighted by Gasteiger charge is 2.21. The molecule has 1 unspecified atom stereocenters. The SMILES string of the molecule is CC1CCc2sc(C(=O)NNC(=O)c3ccc(Cl)cc3F)cc2C1. The summed E-state index contributed by atoms with van der Waals surface area (Å²) in [5, 5.41) is 0.200. The number of benzene rings is 1.